The van der Waals surface area contributed by atoms with Crippen LogP contribution in [0, 0.1) is 35.5 Å². The van der Waals surface area contributed by atoms with Crippen LogP contribution in [0.3, 0.4) is 0 Å². The Bertz CT molecular complexity index is 176. The van der Waals surface area contributed by atoms with Crippen molar-refractivity contribution in [2.75, 3.05) is 0 Å². The molecule has 0 N–H and O–H groups in total. The van der Waals surface area contributed by atoms with Crippen LogP contribution in [0.5, 0.6) is 0 Å². The van der Waals surface area contributed by atoms with Gasteiger partial charge in [0.05, 0.1) is 0 Å². The van der Waals surface area contributed by atoms with Crippen molar-refractivity contribution in [3.05, 3.63) is 0 Å². The van der Waals surface area contributed by atoms with Crippen molar-refractivity contribution in [1.82, 2.24) is 0 Å². The predicted octanol–water partition coefficient (Wildman–Crippen LogP) is 8.70. The highest BCUT2D eigenvalue weighted by Crippen LogP contribution is 2.20. The summed E-state index contributed by atoms with van der Waals surface area (Å²) in [4.78, 5) is 0. The minimum atomic E-state index is 0. The summed E-state index contributed by atoms with van der Waals surface area (Å²) in [5.41, 5.74) is 0. The molecule has 0 aromatic rings. The van der Waals surface area contributed by atoms with Crippen molar-refractivity contribution in [3.63, 3.8) is 0 Å². The van der Waals surface area contributed by atoms with E-state index in [1.54, 1.807) is 0 Å². The molecule has 0 aromatic heterocycles. The molecule has 0 bridgehead atoms. The van der Waals surface area contributed by atoms with Gasteiger partial charge >= 0.3 is 0 Å². The van der Waals surface area contributed by atoms with Crippen LogP contribution >= 0.6 is 0 Å². The second-order valence-corrected chi connectivity index (χ2v) is 8.33. The standard InChI is InChI=1S/C10H22.C7H16.C4H10.CH4/c1-6-9(4)7-10(5)8(2)3;1-5-7(4)6(2)3;1-4(2)3;/h8-10H,6-7H2,1-5H3;6-7H,5H2,1-4H3;4H,1-3H3;1H4. The SMILES string of the molecule is C.CC(C)C.CCC(C)C(C)C.CCC(C)CC(C)C(C)C. The Morgan fingerprint density at radius 3 is 1.00 bits per heavy atom. The molecule has 0 heterocycles. The van der Waals surface area contributed by atoms with E-state index >= 15 is 0 Å². The summed E-state index contributed by atoms with van der Waals surface area (Å²) in [5.74, 6) is 5.27. The van der Waals surface area contributed by atoms with Gasteiger partial charge in [-0.25, -0.2) is 0 Å². The van der Waals surface area contributed by atoms with Gasteiger partial charge in [0.1, 0.15) is 0 Å². The lowest BCUT2D eigenvalue weighted by Crippen LogP contribution is -2.08. The molecule has 0 fully saturated rings. The van der Waals surface area contributed by atoms with Crippen LogP contribution in [0.1, 0.15) is 110 Å². The van der Waals surface area contributed by atoms with Gasteiger partial charge in [-0.2, -0.15) is 0 Å². The van der Waals surface area contributed by atoms with Gasteiger partial charge in [-0.15, -0.1) is 0 Å². The van der Waals surface area contributed by atoms with E-state index in [0.717, 1.165) is 35.5 Å². The Morgan fingerprint density at radius 2 is 0.864 bits per heavy atom. The average molecular weight is 317 g/mol. The summed E-state index contributed by atoms with van der Waals surface area (Å²) in [5, 5.41) is 0. The lowest BCUT2D eigenvalue weighted by Gasteiger charge is -2.18. The highest BCUT2D eigenvalue weighted by atomic mass is 14.2. The fourth-order valence-electron chi connectivity index (χ4n) is 1.54. The molecule has 3 unspecified atom stereocenters. The minimum absolute atomic E-state index is 0. The van der Waals surface area contributed by atoms with Crippen LogP contribution in [0.15, 0.2) is 0 Å². The van der Waals surface area contributed by atoms with Crippen LogP contribution < -0.4 is 0 Å². The summed E-state index contributed by atoms with van der Waals surface area (Å²) in [6.45, 7) is 27.2. The molecule has 0 aliphatic carbocycles. The maximum Gasteiger partial charge on any atom is -0.0417 e. The zero-order chi connectivity index (χ0) is 17.6. The van der Waals surface area contributed by atoms with E-state index in [2.05, 4.69) is 83.1 Å². The molecule has 0 saturated heterocycles. The lowest BCUT2D eigenvalue weighted by atomic mass is 9.88. The Hall–Kier alpha value is 0. The monoisotopic (exact) mass is 316 g/mol. The van der Waals surface area contributed by atoms with Crippen molar-refractivity contribution in [2.24, 2.45) is 35.5 Å². The Balaban J connectivity index is -0.000000118. The quantitative estimate of drug-likeness (QED) is 0.459. The van der Waals surface area contributed by atoms with Crippen molar-refractivity contribution in [3.8, 4) is 0 Å². The van der Waals surface area contributed by atoms with Crippen LogP contribution in [0.25, 0.3) is 0 Å². The highest BCUT2D eigenvalue weighted by Gasteiger charge is 2.09. The van der Waals surface area contributed by atoms with Gasteiger partial charge in [0.15, 0.2) is 0 Å². The fourth-order valence-corrected chi connectivity index (χ4v) is 1.54. The van der Waals surface area contributed by atoms with Gasteiger partial charge in [0.2, 0.25) is 0 Å². The van der Waals surface area contributed by atoms with Gasteiger partial charge in [-0.3, -0.25) is 0 Å². The third-order valence-corrected chi connectivity index (χ3v) is 4.39. The zero-order valence-electron chi connectivity index (χ0n) is 17.6. The van der Waals surface area contributed by atoms with Gasteiger partial charge < -0.3 is 0 Å². The molecule has 0 saturated carbocycles. The van der Waals surface area contributed by atoms with E-state index in [0.29, 0.717) is 0 Å². The Labute approximate surface area is 145 Å². The zero-order valence-corrected chi connectivity index (χ0v) is 17.6. The highest BCUT2D eigenvalue weighted by molar-refractivity contribution is 4.60. The molecule has 22 heavy (non-hydrogen) atoms. The first kappa shape index (κ1) is 29.9. The topological polar surface area (TPSA) is 0 Å². The maximum atomic E-state index is 2.36. The molecule has 3 atom stereocenters. The largest absolute Gasteiger partial charge is 0.0776 e. The van der Waals surface area contributed by atoms with E-state index in [4.69, 9.17) is 0 Å². The molecule has 0 spiro atoms. The number of rotatable bonds is 6. The molecule has 0 aliphatic heterocycles. The van der Waals surface area contributed by atoms with Gasteiger partial charge in [0, 0.05) is 0 Å². The Morgan fingerprint density at radius 1 is 0.545 bits per heavy atom. The van der Waals surface area contributed by atoms with E-state index in [9.17, 15) is 0 Å². The first-order valence-electron chi connectivity index (χ1n) is 9.49. The second-order valence-electron chi connectivity index (χ2n) is 8.33. The van der Waals surface area contributed by atoms with Crippen LogP contribution in [-0.2, 0) is 0 Å². The summed E-state index contributed by atoms with van der Waals surface area (Å²) in [6, 6.07) is 0. The lowest BCUT2D eigenvalue weighted by molar-refractivity contribution is 0.327. The minimum Gasteiger partial charge on any atom is -0.0776 e. The van der Waals surface area contributed by atoms with E-state index in [1.165, 1.54) is 19.3 Å². The predicted molar refractivity (Wildman–Crippen MR) is 110 cm³/mol. The molecular formula is C22H52. The number of hydrogen-bond donors (Lipinski definition) is 0. The Kier molecular flexibility index (Phi) is 25.9. The molecule has 0 heteroatoms. The molecular weight excluding hydrogens is 264 g/mol. The molecule has 0 radical (unpaired) electrons. The first-order chi connectivity index (χ1) is 9.49. The molecule has 0 aliphatic rings. The first-order valence-corrected chi connectivity index (χ1v) is 9.49. The molecule has 0 rings (SSSR count). The smallest absolute Gasteiger partial charge is 0.0417 e. The van der Waals surface area contributed by atoms with E-state index in [1.807, 2.05) is 0 Å². The van der Waals surface area contributed by atoms with Crippen molar-refractivity contribution < 1.29 is 0 Å². The fraction of sp³-hybridized carbons (Fsp3) is 1.00. The second kappa shape index (κ2) is 19.0. The van der Waals surface area contributed by atoms with E-state index in [-0.39, 0.29) is 7.43 Å². The summed E-state index contributed by atoms with van der Waals surface area (Å²) < 4.78 is 0. The van der Waals surface area contributed by atoms with Crippen LogP contribution in [-0.4, -0.2) is 0 Å². The third-order valence-electron chi connectivity index (χ3n) is 4.39. The van der Waals surface area contributed by atoms with Crippen molar-refractivity contribution in [2.45, 2.75) is 110 Å². The van der Waals surface area contributed by atoms with Crippen LogP contribution in [0.4, 0.5) is 0 Å². The maximum absolute atomic E-state index is 2.36. The van der Waals surface area contributed by atoms with Gasteiger partial charge in [-0.05, 0) is 41.9 Å². The van der Waals surface area contributed by atoms with Crippen molar-refractivity contribution in [1.29, 1.82) is 0 Å². The molecule has 0 nitrogen and oxygen atoms in total. The van der Waals surface area contributed by atoms with Crippen molar-refractivity contribution >= 4 is 0 Å². The molecule has 140 valence electrons. The average Bonchev–Trinajstić information content (AvgIpc) is 2.37. The summed E-state index contributed by atoms with van der Waals surface area (Å²) in [7, 11) is 0. The summed E-state index contributed by atoms with van der Waals surface area (Å²) >= 11 is 0. The molecule has 0 aromatic carbocycles. The van der Waals surface area contributed by atoms with Crippen LogP contribution in [0.2, 0.25) is 0 Å². The van der Waals surface area contributed by atoms with E-state index < -0.39 is 0 Å². The number of hydrogen-bond acceptors (Lipinski definition) is 0. The molecule has 0 amide bonds. The normalized spacial score (nSPS) is 14.3. The summed E-state index contributed by atoms with van der Waals surface area (Å²) in [6.07, 6.45) is 4.04. The van der Waals surface area contributed by atoms with Gasteiger partial charge in [0.25, 0.3) is 0 Å². The third kappa shape index (κ3) is 28.2. The van der Waals surface area contributed by atoms with Gasteiger partial charge in [-0.1, -0.05) is 103 Å².